The molecule has 0 heterocycles. The number of benzene rings is 3. The number of nitriles is 4. The average molecular weight is 664 g/mol. The molecule has 0 saturated carbocycles. The number of hydrogen-bond donors (Lipinski definition) is 0. The highest BCUT2D eigenvalue weighted by Crippen LogP contribution is 2.43. The van der Waals surface area contributed by atoms with Crippen LogP contribution in [0.25, 0.3) is 33.4 Å². The Morgan fingerprint density at radius 2 is 0.739 bits per heavy atom. The third-order valence-corrected chi connectivity index (χ3v) is 6.14. The molecule has 0 aromatic heterocycles. The van der Waals surface area contributed by atoms with Gasteiger partial charge in [0.1, 0.15) is 47.1 Å². The van der Waals surface area contributed by atoms with Gasteiger partial charge in [-0.1, -0.05) is 12.1 Å². The Kier molecular flexibility index (Phi) is 8.88. The van der Waals surface area contributed by atoms with Crippen LogP contribution >= 0.6 is 0 Å². The zero-order chi connectivity index (χ0) is 35.2. The van der Waals surface area contributed by atoms with Crippen LogP contribution in [0.15, 0.2) is 36.4 Å². The van der Waals surface area contributed by atoms with Crippen molar-refractivity contribution < 1.29 is 61.5 Å². The van der Waals surface area contributed by atoms with Crippen LogP contribution in [0.3, 0.4) is 0 Å². The maximum atomic E-state index is 14.9. The van der Waals surface area contributed by atoms with Gasteiger partial charge < -0.3 is 0 Å². The molecule has 0 unspecified atom stereocenters. The van der Waals surface area contributed by atoms with E-state index < -0.39 is 102 Å². The van der Waals surface area contributed by atoms with Crippen molar-refractivity contribution in [3.63, 3.8) is 0 Å². The molecule has 0 aliphatic rings. The molecule has 3 aromatic rings. The summed E-state index contributed by atoms with van der Waals surface area (Å²) in [6, 6.07) is 2.58. The van der Waals surface area contributed by atoms with Gasteiger partial charge in [0, 0.05) is 21.6 Å². The molecule has 0 amide bonds. The van der Waals surface area contributed by atoms with Crippen LogP contribution < -0.4 is 10.4 Å². The van der Waals surface area contributed by atoms with E-state index in [0.29, 0.717) is 0 Å². The first-order chi connectivity index (χ1) is 21.0. The standard InChI is InChI=1S/C28H6F14N4/c29-17-5-11(1-3-15(17)25(31,32)33)19-21(13(7-43)8-44)24(28(40,41)42)20(12-2-4-16(18(30)6-12)26(34,35)36)22(14(9-45)10-46)23(19)27(37,38)39/h1-6H. The minimum absolute atomic E-state index is 0.0478. The second-order valence-electron chi connectivity index (χ2n) is 8.83. The molecule has 4 nitrogen and oxygen atoms in total. The molecular formula is C28H6F14N4. The number of rotatable bonds is 2. The average Bonchev–Trinajstić information content (AvgIpc) is 2.91. The third kappa shape index (κ3) is 6.28. The van der Waals surface area contributed by atoms with Crippen LogP contribution in [0.5, 0.6) is 0 Å². The van der Waals surface area contributed by atoms with E-state index in [9.17, 15) is 82.5 Å². The largest absolute Gasteiger partial charge is 0.419 e. The van der Waals surface area contributed by atoms with Gasteiger partial charge in [0.25, 0.3) is 0 Å². The number of nitrogens with zero attached hydrogens (tertiary/aromatic N) is 4. The maximum Gasteiger partial charge on any atom is 0.419 e. The van der Waals surface area contributed by atoms with Crippen LogP contribution in [0, 0.1) is 57.0 Å². The summed E-state index contributed by atoms with van der Waals surface area (Å²) < 4.78 is 198. The fourth-order valence-corrected chi connectivity index (χ4v) is 4.47. The first-order valence-electron chi connectivity index (χ1n) is 11.5. The van der Waals surface area contributed by atoms with Crippen molar-refractivity contribution in [2.75, 3.05) is 0 Å². The zero-order valence-corrected chi connectivity index (χ0v) is 21.5. The van der Waals surface area contributed by atoms with E-state index in [1.54, 1.807) is 0 Å². The molecule has 3 rings (SSSR count). The summed E-state index contributed by atoms with van der Waals surface area (Å²) in [4.78, 5) is 0. The van der Waals surface area contributed by atoms with E-state index in [-0.39, 0.29) is 36.4 Å². The molecular weight excluding hydrogens is 658 g/mol. The van der Waals surface area contributed by atoms with E-state index in [2.05, 4.69) is 0 Å². The van der Waals surface area contributed by atoms with Gasteiger partial charge in [-0.2, -0.15) is 73.7 Å². The predicted molar refractivity (Wildman–Crippen MR) is 126 cm³/mol. The molecule has 0 fully saturated rings. The summed E-state index contributed by atoms with van der Waals surface area (Å²) >= 11 is 0. The monoisotopic (exact) mass is 664 g/mol. The topological polar surface area (TPSA) is 95.2 Å². The Bertz CT molecular complexity index is 1870. The summed E-state index contributed by atoms with van der Waals surface area (Å²) in [7, 11) is 0. The first-order valence-corrected chi connectivity index (χ1v) is 11.5. The first kappa shape index (κ1) is 34.9. The lowest BCUT2D eigenvalue weighted by Crippen LogP contribution is -2.36. The summed E-state index contributed by atoms with van der Waals surface area (Å²) in [5.41, 5.74) is -19.9. The van der Waals surface area contributed by atoms with Gasteiger partial charge in [-0.05, 0) is 35.4 Å². The van der Waals surface area contributed by atoms with E-state index in [1.165, 1.54) is 0 Å². The van der Waals surface area contributed by atoms with Crippen LogP contribution in [0.2, 0.25) is 0 Å². The molecule has 236 valence electrons. The molecule has 3 aromatic carbocycles. The summed E-state index contributed by atoms with van der Waals surface area (Å²) in [5.74, 6) is -4.68. The maximum absolute atomic E-state index is 14.9. The van der Waals surface area contributed by atoms with Gasteiger partial charge in [0.05, 0.1) is 22.3 Å². The van der Waals surface area contributed by atoms with Gasteiger partial charge in [0.15, 0.2) is 0 Å². The van der Waals surface area contributed by atoms with Crippen molar-refractivity contribution in [2.24, 2.45) is 0 Å². The zero-order valence-electron chi connectivity index (χ0n) is 21.5. The molecule has 0 radical (unpaired) electrons. The molecule has 0 aliphatic carbocycles. The second-order valence-corrected chi connectivity index (χ2v) is 8.83. The highest BCUT2D eigenvalue weighted by atomic mass is 19.4. The molecule has 46 heavy (non-hydrogen) atoms. The summed E-state index contributed by atoms with van der Waals surface area (Å²) in [5, 5.41) is 33.7. The van der Waals surface area contributed by atoms with Crippen molar-refractivity contribution in [2.45, 2.75) is 24.7 Å². The third-order valence-electron chi connectivity index (χ3n) is 6.14. The van der Waals surface area contributed by atoms with E-state index in [0.717, 1.165) is 24.3 Å². The van der Waals surface area contributed by atoms with E-state index in [1.807, 2.05) is 0 Å². The Morgan fingerprint density at radius 3 is 0.935 bits per heavy atom. The van der Waals surface area contributed by atoms with Crippen molar-refractivity contribution in [1.29, 1.82) is 21.0 Å². The summed E-state index contributed by atoms with van der Waals surface area (Å²) in [6.07, 6.45) is -23.1. The van der Waals surface area contributed by atoms with Crippen LogP contribution in [-0.2, 0) is 24.7 Å². The molecule has 0 spiro atoms. The number of hydrogen-bond acceptors (Lipinski definition) is 4. The minimum Gasteiger partial charge on any atom is -0.206 e. The Balaban J connectivity index is 3.00. The van der Waals surface area contributed by atoms with Gasteiger partial charge in [-0.15, -0.1) is 0 Å². The quantitative estimate of drug-likeness (QED) is 0.262. The van der Waals surface area contributed by atoms with Crippen molar-refractivity contribution >= 4 is 11.1 Å². The van der Waals surface area contributed by atoms with Crippen LogP contribution in [0.4, 0.5) is 61.5 Å². The lowest BCUT2D eigenvalue weighted by molar-refractivity contribution is -0.141. The van der Waals surface area contributed by atoms with Crippen molar-refractivity contribution in [3.8, 4) is 46.5 Å². The lowest BCUT2D eigenvalue weighted by atomic mass is 9.82. The molecule has 0 saturated heterocycles. The highest BCUT2D eigenvalue weighted by molar-refractivity contribution is 5.90. The highest BCUT2D eigenvalue weighted by Gasteiger charge is 2.45. The van der Waals surface area contributed by atoms with Crippen LogP contribution in [0.1, 0.15) is 22.3 Å². The normalized spacial score (nSPS) is 12.0. The van der Waals surface area contributed by atoms with E-state index >= 15 is 0 Å². The molecule has 0 bridgehead atoms. The predicted octanol–water partition coefficient (Wildman–Crippen LogP) is 7.77. The van der Waals surface area contributed by atoms with Gasteiger partial charge >= 0.3 is 24.7 Å². The van der Waals surface area contributed by atoms with Crippen molar-refractivity contribution in [3.05, 3.63) is 80.7 Å². The van der Waals surface area contributed by atoms with Crippen LogP contribution in [-0.4, -0.2) is 0 Å². The Morgan fingerprint density at radius 1 is 0.457 bits per heavy atom. The number of alkyl halides is 12. The molecule has 0 N–H and O–H groups in total. The van der Waals surface area contributed by atoms with Gasteiger partial charge in [0.2, 0.25) is 0 Å². The molecule has 0 aliphatic heterocycles. The summed E-state index contributed by atoms with van der Waals surface area (Å²) in [6.45, 7) is 0. The van der Waals surface area contributed by atoms with Gasteiger partial charge in [-0.25, -0.2) is 8.78 Å². The minimum atomic E-state index is -6.07. The van der Waals surface area contributed by atoms with E-state index in [4.69, 9.17) is 0 Å². The fourth-order valence-electron chi connectivity index (χ4n) is 4.47. The smallest absolute Gasteiger partial charge is 0.206 e. The van der Waals surface area contributed by atoms with Gasteiger partial charge in [-0.3, -0.25) is 0 Å². The second kappa shape index (κ2) is 11.7. The van der Waals surface area contributed by atoms with Crippen molar-refractivity contribution in [1.82, 2.24) is 0 Å². The lowest BCUT2D eigenvalue weighted by Gasteiger charge is -2.24. The Labute approximate surface area is 246 Å². The SMILES string of the molecule is N#CC(C#N)=c1c(-c2ccc(C(F)(F)F)c(F)c2)c(C(F)(F)F)c(=C(C#N)C#N)c(-c2ccc(C(F)(F)F)c(F)c2)c1C(F)(F)F. The molecule has 18 heteroatoms. The number of halogens is 14. The fraction of sp³-hybridized carbons (Fsp3) is 0.143. The molecule has 0 atom stereocenters. The Hall–Kier alpha value is -5.62.